The fourth-order valence-electron chi connectivity index (χ4n) is 2.37. The second-order valence-corrected chi connectivity index (χ2v) is 5.53. The number of rotatable bonds is 2. The lowest BCUT2D eigenvalue weighted by atomic mass is 9.83. The third-order valence-corrected chi connectivity index (χ3v) is 3.53. The highest BCUT2D eigenvalue weighted by atomic mass is 35.5. The van der Waals surface area contributed by atoms with Gasteiger partial charge in [-0.15, -0.1) is 0 Å². The lowest BCUT2D eigenvalue weighted by Crippen LogP contribution is -2.37. The molecule has 0 bridgehead atoms. The molecule has 1 aliphatic carbocycles. The Morgan fingerprint density at radius 2 is 1.84 bits per heavy atom. The van der Waals surface area contributed by atoms with E-state index in [-0.39, 0.29) is 16.5 Å². The minimum atomic E-state index is -4.59. The zero-order chi connectivity index (χ0) is 14.1. The topological polar surface area (TPSA) is 37.8 Å². The predicted molar refractivity (Wildman–Crippen MR) is 67.2 cm³/mol. The molecule has 1 aromatic rings. The molecule has 0 spiro atoms. The van der Waals surface area contributed by atoms with Gasteiger partial charge in [0, 0.05) is 11.6 Å². The maximum Gasteiger partial charge on any atom is 0.451 e. The number of aromatic nitrogens is 2. The van der Waals surface area contributed by atoms with Crippen molar-refractivity contribution in [3.8, 4) is 0 Å². The van der Waals surface area contributed by atoms with Crippen LogP contribution in [0.15, 0.2) is 6.07 Å². The monoisotopic (exact) mass is 293 g/mol. The zero-order valence-corrected chi connectivity index (χ0v) is 11.3. The summed E-state index contributed by atoms with van der Waals surface area (Å²) in [6, 6.07) is 1.33. The molecule has 0 atom stereocenters. The van der Waals surface area contributed by atoms with E-state index in [9.17, 15) is 13.2 Å². The first kappa shape index (κ1) is 14.4. The molecule has 0 amide bonds. The SMILES string of the molecule is CC1(Nc2cc(Cl)nc(C(F)(F)F)n2)CCCCC1. The molecule has 0 aliphatic heterocycles. The van der Waals surface area contributed by atoms with E-state index < -0.39 is 12.0 Å². The molecule has 1 aliphatic rings. The first-order valence-electron chi connectivity index (χ1n) is 6.18. The number of halogens is 4. The minimum absolute atomic E-state index is 0.136. The summed E-state index contributed by atoms with van der Waals surface area (Å²) in [5.74, 6) is -1.07. The summed E-state index contributed by atoms with van der Waals surface area (Å²) in [5, 5.41) is 2.87. The number of nitrogens with one attached hydrogen (secondary N) is 1. The van der Waals surface area contributed by atoms with Crippen molar-refractivity contribution in [1.82, 2.24) is 9.97 Å². The predicted octanol–water partition coefficient (Wildman–Crippen LogP) is 4.28. The molecule has 19 heavy (non-hydrogen) atoms. The fraction of sp³-hybridized carbons (Fsp3) is 0.667. The second-order valence-electron chi connectivity index (χ2n) is 5.14. The summed E-state index contributed by atoms with van der Waals surface area (Å²) >= 11 is 5.63. The molecule has 0 radical (unpaired) electrons. The third-order valence-electron chi connectivity index (χ3n) is 3.34. The maximum atomic E-state index is 12.6. The molecule has 0 unspecified atom stereocenters. The Bertz CT molecular complexity index is 456. The number of alkyl halides is 3. The van der Waals surface area contributed by atoms with Crippen LogP contribution in [0.5, 0.6) is 0 Å². The van der Waals surface area contributed by atoms with Gasteiger partial charge in [0.2, 0.25) is 5.82 Å². The number of hydrogen-bond donors (Lipinski definition) is 1. The summed E-state index contributed by atoms with van der Waals surface area (Å²) in [4.78, 5) is 6.72. The quantitative estimate of drug-likeness (QED) is 0.827. The Labute approximate surface area is 114 Å². The first-order valence-corrected chi connectivity index (χ1v) is 6.56. The van der Waals surface area contributed by atoms with Crippen LogP contribution in [0.2, 0.25) is 5.15 Å². The zero-order valence-electron chi connectivity index (χ0n) is 10.5. The summed E-state index contributed by atoms with van der Waals surface area (Å²) < 4.78 is 37.8. The highest BCUT2D eigenvalue weighted by Gasteiger charge is 2.36. The van der Waals surface area contributed by atoms with Gasteiger partial charge in [0.15, 0.2) is 0 Å². The van der Waals surface area contributed by atoms with Crippen molar-refractivity contribution in [2.75, 3.05) is 5.32 Å². The molecule has 0 aromatic carbocycles. The molecule has 2 rings (SSSR count). The van der Waals surface area contributed by atoms with Gasteiger partial charge < -0.3 is 5.32 Å². The van der Waals surface area contributed by atoms with Crippen LogP contribution in [-0.2, 0) is 6.18 Å². The number of hydrogen-bond acceptors (Lipinski definition) is 3. The first-order chi connectivity index (χ1) is 8.78. The minimum Gasteiger partial charge on any atom is -0.365 e. The van der Waals surface area contributed by atoms with Crippen molar-refractivity contribution in [2.24, 2.45) is 0 Å². The van der Waals surface area contributed by atoms with Gasteiger partial charge in [-0.2, -0.15) is 13.2 Å². The van der Waals surface area contributed by atoms with Crippen LogP contribution in [0.4, 0.5) is 19.0 Å². The molecular formula is C12H15ClF3N3. The van der Waals surface area contributed by atoms with E-state index in [0.29, 0.717) is 0 Å². The van der Waals surface area contributed by atoms with Crippen LogP contribution in [0, 0.1) is 0 Å². The molecule has 106 valence electrons. The molecule has 7 heteroatoms. The second kappa shape index (κ2) is 5.15. The summed E-state index contributed by atoms with van der Waals surface area (Å²) in [7, 11) is 0. The molecule has 1 N–H and O–H groups in total. The normalized spacial score (nSPS) is 19.2. The largest absolute Gasteiger partial charge is 0.451 e. The molecule has 1 fully saturated rings. The van der Waals surface area contributed by atoms with E-state index in [0.717, 1.165) is 32.1 Å². The highest BCUT2D eigenvalue weighted by molar-refractivity contribution is 6.29. The Hall–Kier alpha value is -1.04. The van der Waals surface area contributed by atoms with Gasteiger partial charge in [-0.1, -0.05) is 30.9 Å². The van der Waals surface area contributed by atoms with E-state index >= 15 is 0 Å². The van der Waals surface area contributed by atoms with Crippen LogP contribution < -0.4 is 5.32 Å². The Morgan fingerprint density at radius 3 is 2.42 bits per heavy atom. The lowest BCUT2D eigenvalue weighted by molar-refractivity contribution is -0.144. The van der Waals surface area contributed by atoms with Gasteiger partial charge in [0.05, 0.1) is 0 Å². The van der Waals surface area contributed by atoms with Gasteiger partial charge in [0.25, 0.3) is 0 Å². The summed E-state index contributed by atoms with van der Waals surface area (Å²) in [6.07, 6.45) is 0.527. The standard InChI is InChI=1S/C12H15ClF3N3/c1-11(5-3-2-4-6-11)19-9-7-8(13)17-10(18-9)12(14,15)16/h7H,2-6H2,1H3,(H,17,18,19). The summed E-state index contributed by atoms with van der Waals surface area (Å²) in [5.41, 5.74) is -0.223. The molecule has 3 nitrogen and oxygen atoms in total. The Kier molecular flexibility index (Phi) is 3.90. The van der Waals surface area contributed by atoms with Crippen molar-refractivity contribution in [3.63, 3.8) is 0 Å². The van der Waals surface area contributed by atoms with E-state index in [1.54, 1.807) is 0 Å². The van der Waals surface area contributed by atoms with Crippen LogP contribution in [0.25, 0.3) is 0 Å². The fourth-order valence-corrected chi connectivity index (χ4v) is 2.56. The van der Waals surface area contributed by atoms with Crippen molar-refractivity contribution < 1.29 is 13.2 Å². The van der Waals surface area contributed by atoms with E-state index in [1.807, 2.05) is 6.92 Å². The van der Waals surface area contributed by atoms with Crippen molar-refractivity contribution >= 4 is 17.4 Å². The maximum absolute atomic E-state index is 12.6. The van der Waals surface area contributed by atoms with E-state index in [1.165, 1.54) is 6.07 Å². The van der Waals surface area contributed by atoms with Gasteiger partial charge in [-0.25, -0.2) is 9.97 Å². The molecule has 1 aromatic heterocycles. The molecular weight excluding hydrogens is 279 g/mol. The van der Waals surface area contributed by atoms with Crippen LogP contribution in [0.3, 0.4) is 0 Å². The van der Waals surface area contributed by atoms with Crippen LogP contribution in [-0.4, -0.2) is 15.5 Å². The van der Waals surface area contributed by atoms with Crippen molar-refractivity contribution in [2.45, 2.75) is 50.7 Å². The van der Waals surface area contributed by atoms with E-state index in [4.69, 9.17) is 11.6 Å². The average Bonchev–Trinajstić information content (AvgIpc) is 2.27. The summed E-state index contributed by atoms with van der Waals surface area (Å²) in [6.45, 7) is 2.00. The molecule has 1 heterocycles. The van der Waals surface area contributed by atoms with Gasteiger partial charge in [0.1, 0.15) is 11.0 Å². The smallest absolute Gasteiger partial charge is 0.365 e. The molecule has 1 saturated carbocycles. The van der Waals surface area contributed by atoms with Crippen molar-refractivity contribution in [3.05, 3.63) is 17.0 Å². The Morgan fingerprint density at radius 1 is 1.21 bits per heavy atom. The van der Waals surface area contributed by atoms with E-state index in [2.05, 4.69) is 15.3 Å². The number of nitrogens with zero attached hydrogens (tertiary/aromatic N) is 2. The lowest BCUT2D eigenvalue weighted by Gasteiger charge is -2.35. The van der Waals surface area contributed by atoms with Crippen LogP contribution >= 0.6 is 11.6 Å². The Balaban J connectivity index is 2.22. The van der Waals surface area contributed by atoms with Gasteiger partial charge in [-0.3, -0.25) is 0 Å². The van der Waals surface area contributed by atoms with Crippen LogP contribution in [0.1, 0.15) is 44.9 Å². The average molecular weight is 294 g/mol. The van der Waals surface area contributed by atoms with Crippen molar-refractivity contribution in [1.29, 1.82) is 0 Å². The third kappa shape index (κ3) is 3.72. The van der Waals surface area contributed by atoms with Gasteiger partial charge in [-0.05, 0) is 19.8 Å². The highest BCUT2D eigenvalue weighted by Crippen LogP contribution is 2.33. The number of anilines is 1. The molecule has 0 saturated heterocycles. The van der Waals surface area contributed by atoms with Gasteiger partial charge >= 0.3 is 6.18 Å².